The number of halogens is 9. The van der Waals surface area contributed by atoms with Crippen LogP contribution in [0.5, 0.6) is 0 Å². The standard InChI is InChI=1S/C23H11Cl9N2O3/c24-11-4-2-10(3-5-11)18(35)33(8-9-1-6-12(25)13(26)7-9)34-19(36)14-15(20(34)37)22(30)17(28)16(27)21(14,29)23(22,31)32/h1-7,14-15H,8H2/t14-,15-,21-,22-/m1/s1. The lowest BCUT2D eigenvalue weighted by Gasteiger charge is -2.37. The zero-order chi connectivity index (χ0) is 27.2. The van der Waals surface area contributed by atoms with Crippen molar-refractivity contribution >= 4 is 122 Å². The lowest BCUT2D eigenvalue weighted by molar-refractivity contribution is -0.156. The predicted molar refractivity (Wildman–Crippen MR) is 147 cm³/mol. The first kappa shape index (κ1) is 27.9. The van der Waals surface area contributed by atoms with Crippen LogP contribution in [0.25, 0.3) is 0 Å². The number of rotatable bonds is 4. The molecule has 194 valence electrons. The Balaban J connectivity index is 1.62. The molecule has 1 aliphatic heterocycles. The molecule has 2 fully saturated rings. The van der Waals surface area contributed by atoms with Gasteiger partial charge in [0.2, 0.25) is 0 Å². The molecule has 5 rings (SSSR count). The van der Waals surface area contributed by atoms with Gasteiger partial charge in [0, 0.05) is 10.6 Å². The van der Waals surface area contributed by atoms with E-state index in [4.69, 9.17) is 104 Å². The fraction of sp³-hybridized carbons (Fsp3) is 0.261. The topological polar surface area (TPSA) is 57.7 Å². The maximum Gasteiger partial charge on any atom is 0.273 e. The smallest absolute Gasteiger partial charge is 0.272 e. The molecule has 14 heteroatoms. The van der Waals surface area contributed by atoms with Crippen molar-refractivity contribution < 1.29 is 14.4 Å². The fourth-order valence-electron chi connectivity index (χ4n) is 5.00. The van der Waals surface area contributed by atoms with Crippen LogP contribution in [-0.2, 0) is 16.1 Å². The van der Waals surface area contributed by atoms with Crippen molar-refractivity contribution in [3.05, 3.63) is 78.7 Å². The molecule has 2 aliphatic carbocycles. The quantitative estimate of drug-likeness (QED) is 0.246. The predicted octanol–water partition coefficient (Wildman–Crippen LogP) is 7.65. The Morgan fingerprint density at radius 2 is 1.30 bits per heavy atom. The lowest BCUT2D eigenvalue weighted by atomic mass is 9.84. The van der Waals surface area contributed by atoms with E-state index in [-0.39, 0.29) is 32.2 Å². The van der Waals surface area contributed by atoms with Gasteiger partial charge in [0.1, 0.15) is 9.75 Å². The Morgan fingerprint density at radius 3 is 1.78 bits per heavy atom. The van der Waals surface area contributed by atoms with Gasteiger partial charge in [0.05, 0.1) is 38.5 Å². The molecule has 2 aromatic rings. The summed E-state index contributed by atoms with van der Waals surface area (Å²) in [5.41, 5.74) is 0.612. The summed E-state index contributed by atoms with van der Waals surface area (Å²) in [5, 5.41) is 2.05. The highest BCUT2D eigenvalue weighted by Gasteiger charge is 2.88. The number of hydrogen-bond acceptors (Lipinski definition) is 3. The molecule has 0 aromatic heterocycles. The minimum absolute atomic E-state index is 0.143. The molecule has 2 bridgehead atoms. The average Bonchev–Trinajstić information content (AvgIpc) is 3.23. The molecule has 2 aromatic carbocycles. The summed E-state index contributed by atoms with van der Waals surface area (Å²) in [7, 11) is 0. The number of nitrogens with zero attached hydrogens (tertiary/aromatic N) is 2. The minimum atomic E-state index is -2.10. The Labute approximate surface area is 255 Å². The van der Waals surface area contributed by atoms with Crippen molar-refractivity contribution in [1.29, 1.82) is 0 Å². The van der Waals surface area contributed by atoms with Crippen LogP contribution in [0.4, 0.5) is 0 Å². The molecule has 3 amide bonds. The third kappa shape index (κ3) is 3.62. The molecule has 1 saturated carbocycles. The molecule has 5 nitrogen and oxygen atoms in total. The van der Waals surface area contributed by atoms with E-state index in [0.717, 1.165) is 5.01 Å². The first-order valence-corrected chi connectivity index (χ1v) is 13.8. The number of allylic oxidation sites excluding steroid dienone is 2. The van der Waals surface area contributed by atoms with Gasteiger partial charge in [-0.15, -0.1) is 23.2 Å². The summed E-state index contributed by atoms with van der Waals surface area (Å²) < 4.78 is -2.10. The number of benzene rings is 2. The second-order valence-electron chi connectivity index (χ2n) is 8.69. The van der Waals surface area contributed by atoms with Crippen molar-refractivity contribution in [3.63, 3.8) is 0 Å². The highest BCUT2D eigenvalue weighted by Crippen LogP contribution is 2.77. The molecule has 0 N–H and O–H groups in total. The van der Waals surface area contributed by atoms with E-state index in [1.54, 1.807) is 6.07 Å². The van der Waals surface area contributed by atoms with Crippen LogP contribution in [0.3, 0.4) is 0 Å². The van der Waals surface area contributed by atoms with Gasteiger partial charge in [0.25, 0.3) is 17.7 Å². The normalized spacial score (nSPS) is 29.8. The van der Waals surface area contributed by atoms with Crippen LogP contribution in [-0.4, -0.2) is 41.8 Å². The summed E-state index contributed by atoms with van der Waals surface area (Å²) in [4.78, 5) is 37.4. The number of carbonyl (C=O) groups is 3. The van der Waals surface area contributed by atoms with Crippen LogP contribution in [0.15, 0.2) is 52.5 Å². The SMILES string of the molecule is O=C(c1ccc(Cl)cc1)N(Cc1ccc(Cl)c(Cl)c1)N1C(=O)[C@H]2[C@H](C1=O)[C@@]1(Cl)C(Cl)=C(Cl)[C@@]2(Cl)C1(Cl)Cl. The summed E-state index contributed by atoms with van der Waals surface area (Å²) in [6.07, 6.45) is 0. The molecule has 0 unspecified atom stereocenters. The molecular weight excluding hydrogens is 671 g/mol. The van der Waals surface area contributed by atoms with Gasteiger partial charge in [-0.05, 0) is 42.0 Å². The number of imide groups is 1. The summed E-state index contributed by atoms with van der Waals surface area (Å²) in [6.45, 7) is -0.248. The van der Waals surface area contributed by atoms with Crippen molar-refractivity contribution in [3.8, 4) is 0 Å². The van der Waals surface area contributed by atoms with E-state index < -0.39 is 43.6 Å². The Kier molecular flexibility index (Phi) is 6.97. The number of carbonyl (C=O) groups excluding carboxylic acids is 3. The van der Waals surface area contributed by atoms with Crippen LogP contribution in [0, 0.1) is 11.8 Å². The highest BCUT2D eigenvalue weighted by molar-refractivity contribution is 6.66. The molecular formula is C23H11Cl9N2O3. The summed E-state index contributed by atoms with van der Waals surface area (Å²) in [6, 6.07) is 10.5. The highest BCUT2D eigenvalue weighted by atomic mass is 35.5. The van der Waals surface area contributed by atoms with Crippen LogP contribution >= 0.6 is 104 Å². The molecule has 0 spiro atoms. The summed E-state index contributed by atoms with van der Waals surface area (Å²) >= 11 is 57.6. The van der Waals surface area contributed by atoms with Gasteiger partial charge in [-0.25, -0.2) is 5.01 Å². The second kappa shape index (κ2) is 9.22. The molecule has 4 atom stereocenters. The average molecular weight is 682 g/mol. The van der Waals surface area contributed by atoms with Gasteiger partial charge in [0.15, 0.2) is 4.33 Å². The maximum atomic E-state index is 13.9. The molecule has 1 saturated heterocycles. The zero-order valence-corrected chi connectivity index (χ0v) is 24.7. The first-order chi connectivity index (χ1) is 17.2. The lowest BCUT2D eigenvalue weighted by Crippen LogP contribution is -2.55. The van der Waals surface area contributed by atoms with Gasteiger partial charge in [-0.1, -0.05) is 87.3 Å². The van der Waals surface area contributed by atoms with Crippen molar-refractivity contribution in [1.82, 2.24) is 10.0 Å². The number of alkyl halides is 4. The maximum absolute atomic E-state index is 13.9. The van der Waals surface area contributed by atoms with Crippen LogP contribution in [0.1, 0.15) is 15.9 Å². The molecule has 0 radical (unpaired) electrons. The second-order valence-corrected chi connectivity index (χ2v) is 13.2. The number of amides is 3. The Hall–Kier alpha value is -0.600. The van der Waals surface area contributed by atoms with Crippen molar-refractivity contribution in [2.75, 3.05) is 0 Å². The van der Waals surface area contributed by atoms with E-state index in [1.807, 2.05) is 0 Å². The summed E-state index contributed by atoms with van der Waals surface area (Å²) in [5.74, 6) is -5.25. The third-order valence-electron chi connectivity index (χ3n) is 6.77. The van der Waals surface area contributed by atoms with Gasteiger partial charge in [-0.2, -0.15) is 5.01 Å². The number of hydrazine groups is 1. The zero-order valence-electron chi connectivity index (χ0n) is 17.9. The van der Waals surface area contributed by atoms with Gasteiger partial charge >= 0.3 is 0 Å². The monoisotopic (exact) mass is 678 g/mol. The van der Waals surface area contributed by atoms with Crippen molar-refractivity contribution in [2.45, 2.75) is 20.6 Å². The van der Waals surface area contributed by atoms with Crippen LogP contribution in [0.2, 0.25) is 15.1 Å². The largest absolute Gasteiger partial charge is 0.273 e. The third-order valence-corrected chi connectivity index (χ3v) is 12.0. The fourth-order valence-corrected chi connectivity index (χ4v) is 8.38. The Morgan fingerprint density at radius 1 is 0.784 bits per heavy atom. The number of fused-ring (bicyclic) bond motifs is 5. The van der Waals surface area contributed by atoms with Crippen LogP contribution < -0.4 is 0 Å². The molecule has 3 aliphatic rings. The Bertz CT molecular complexity index is 1370. The van der Waals surface area contributed by atoms with Crippen molar-refractivity contribution in [2.24, 2.45) is 11.8 Å². The molecule has 37 heavy (non-hydrogen) atoms. The van der Waals surface area contributed by atoms with Gasteiger partial charge < -0.3 is 0 Å². The van der Waals surface area contributed by atoms with E-state index >= 15 is 0 Å². The van der Waals surface area contributed by atoms with E-state index in [9.17, 15) is 14.4 Å². The number of hydrogen-bond donors (Lipinski definition) is 0. The van der Waals surface area contributed by atoms with E-state index in [1.165, 1.54) is 36.4 Å². The van der Waals surface area contributed by atoms with E-state index in [0.29, 0.717) is 15.6 Å². The van der Waals surface area contributed by atoms with Gasteiger partial charge in [-0.3, -0.25) is 14.4 Å². The first-order valence-electron chi connectivity index (χ1n) is 10.4. The van der Waals surface area contributed by atoms with E-state index in [2.05, 4.69) is 0 Å². The molecule has 1 heterocycles. The minimum Gasteiger partial charge on any atom is -0.272 e.